The second-order valence-electron chi connectivity index (χ2n) is 7.33. The number of sulfonamides is 1. The highest BCUT2D eigenvalue weighted by Crippen LogP contribution is 2.24. The zero-order chi connectivity index (χ0) is 20.9. The number of hydrogen-bond acceptors (Lipinski definition) is 6. The molecule has 1 fully saturated rings. The average Bonchev–Trinajstić information content (AvgIpc) is 2.95. The lowest BCUT2D eigenvalue weighted by Gasteiger charge is -2.22. The molecule has 2 aromatic carbocycles. The van der Waals surface area contributed by atoms with Gasteiger partial charge in [0.05, 0.1) is 9.82 Å². The largest absolute Gasteiger partial charge is 0.381 e. The summed E-state index contributed by atoms with van der Waals surface area (Å²) in [5.74, 6) is 0. The fourth-order valence-electron chi connectivity index (χ4n) is 3.57. The number of primary sulfonamides is 1. The maximum atomic E-state index is 11.7. The van der Waals surface area contributed by atoms with Gasteiger partial charge in [0.1, 0.15) is 0 Å². The number of hydrogen-bond donors (Lipinski definition) is 2. The highest BCUT2D eigenvalue weighted by molar-refractivity contribution is 7.89. The summed E-state index contributed by atoms with van der Waals surface area (Å²) >= 11 is 0. The molecule has 0 bridgehead atoms. The summed E-state index contributed by atoms with van der Waals surface area (Å²) in [6.45, 7) is 3.46. The predicted octanol–water partition coefficient (Wildman–Crippen LogP) is 3.23. The molecular weight excluding hydrogens is 392 g/mol. The van der Waals surface area contributed by atoms with E-state index in [4.69, 9.17) is 5.14 Å². The van der Waals surface area contributed by atoms with Gasteiger partial charge in [0.15, 0.2) is 0 Å². The number of rotatable bonds is 7. The van der Waals surface area contributed by atoms with E-state index in [1.807, 2.05) is 18.2 Å². The Kier molecular flexibility index (Phi) is 6.83. The molecule has 0 saturated carbocycles. The number of non-ortho nitro benzene ring substituents is 1. The van der Waals surface area contributed by atoms with Crippen molar-refractivity contribution in [2.24, 2.45) is 5.14 Å². The number of nitrogens with two attached hydrogens (primary N) is 1. The Bertz CT molecular complexity index is 970. The molecule has 0 unspecified atom stereocenters. The normalized spacial score (nSPS) is 15.6. The second kappa shape index (κ2) is 9.34. The van der Waals surface area contributed by atoms with E-state index in [2.05, 4.69) is 16.3 Å². The van der Waals surface area contributed by atoms with Gasteiger partial charge in [-0.25, -0.2) is 13.6 Å². The molecule has 1 saturated heterocycles. The van der Waals surface area contributed by atoms with Gasteiger partial charge in [-0.05, 0) is 43.1 Å². The molecule has 2 aromatic rings. The maximum absolute atomic E-state index is 11.7. The molecule has 1 aliphatic rings. The lowest BCUT2D eigenvalue weighted by Crippen LogP contribution is -2.24. The molecule has 0 atom stereocenters. The van der Waals surface area contributed by atoms with Crippen molar-refractivity contribution in [3.63, 3.8) is 0 Å². The maximum Gasteiger partial charge on any atom is 0.272 e. The minimum absolute atomic E-state index is 0.285. The molecule has 0 radical (unpaired) electrons. The van der Waals surface area contributed by atoms with Crippen molar-refractivity contribution in [3.8, 4) is 0 Å². The van der Waals surface area contributed by atoms with Crippen LogP contribution in [0.1, 0.15) is 36.8 Å². The first-order chi connectivity index (χ1) is 13.8. The van der Waals surface area contributed by atoms with Gasteiger partial charge < -0.3 is 5.32 Å². The fourth-order valence-corrected chi connectivity index (χ4v) is 4.15. The fraction of sp³-hybridized carbons (Fsp3) is 0.400. The topological polar surface area (TPSA) is 119 Å². The Morgan fingerprint density at radius 2 is 1.69 bits per heavy atom. The van der Waals surface area contributed by atoms with Crippen molar-refractivity contribution in [1.82, 2.24) is 4.90 Å². The van der Waals surface area contributed by atoms with E-state index >= 15 is 0 Å². The van der Waals surface area contributed by atoms with E-state index in [1.54, 1.807) is 0 Å². The third-order valence-electron chi connectivity index (χ3n) is 5.12. The minimum atomic E-state index is -4.05. The summed E-state index contributed by atoms with van der Waals surface area (Å²) in [7, 11) is -4.05. The summed E-state index contributed by atoms with van der Waals surface area (Å²) in [6, 6.07) is 11.7. The van der Waals surface area contributed by atoms with Crippen molar-refractivity contribution in [1.29, 1.82) is 0 Å². The zero-order valence-electron chi connectivity index (χ0n) is 16.2. The summed E-state index contributed by atoms with van der Waals surface area (Å²) in [5, 5.41) is 19.4. The number of nitrogens with one attached hydrogen (secondary N) is 1. The lowest BCUT2D eigenvalue weighted by molar-refractivity contribution is -0.385. The van der Waals surface area contributed by atoms with Crippen LogP contribution in [-0.2, 0) is 23.1 Å². The first-order valence-electron chi connectivity index (χ1n) is 9.68. The van der Waals surface area contributed by atoms with Crippen LogP contribution in [0.25, 0.3) is 0 Å². The van der Waals surface area contributed by atoms with Crippen molar-refractivity contribution in [3.05, 3.63) is 63.7 Å². The molecule has 156 valence electrons. The van der Waals surface area contributed by atoms with Gasteiger partial charge >= 0.3 is 0 Å². The molecule has 0 spiro atoms. The average molecular weight is 419 g/mol. The number of benzene rings is 2. The molecule has 0 amide bonds. The van der Waals surface area contributed by atoms with Gasteiger partial charge in [-0.15, -0.1) is 0 Å². The van der Waals surface area contributed by atoms with Crippen LogP contribution in [0.15, 0.2) is 47.4 Å². The van der Waals surface area contributed by atoms with Crippen LogP contribution in [-0.4, -0.2) is 31.3 Å². The van der Waals surface area contributed by atoms with E-state index in [-0.39, 0.29) is 10.6 Å². The zero-order valence-corrected chi connectivity index (χ0v) is 17.0. The Morgan fingerprint density at radius 1 is 1.03 bits per heavy atom. The number of likely N-dealkylation sites (tertiary alicyclic amines) is 1. The van der Waals surface area contributed by atoms with Crippen LogP contribution < -0.4 is 10.5 Å². The molecular formula is C20H26N4O4S. The first kappa shape index (κ1) is 21.2. The molecule has 3 rings (SSSR count). The summed E-state index contributed by atoms with van der Waals surface area (Å²) in [4.78, 5) is 12.7. The monoisotopic (exact) mass is 418 g/mol. The molecule has 0 aliphatic carbocycles. The lowest BCUT2D eigenvalue weighted by atomic mass is 10.1. The molecule has 8 nitrogen and oxygen atoms in total. The predicted molar refractivity (Wildman–Crippen MR) is 112 cm³/mol. The standard InChI is InChI=1S/C20H26N4O4S/c21-29(27,28)20-12-18(11-19(13-20)24(25)26)22-14-16-7-3-4-8-17(16)15-23-9-5-1-2-6-10-23/h3-4,7-8,11-13,22H,1-2,5-6,9-10,14-15H2,(H2,21,27,28). The summed E-state index contributed by atoms with van der Waals surface area (Å²) in [5.41, 5.74) is 2.28. The van der Waals surface area contributed by atoms with Crippen LogP contribution in [0.2, 0.25) is 0 Å². The molecule has 1 heterocycles. The third kappa shape index (κ3) is 5.99. The molecule has 29 heavy (non-hydrogen) atoms. The Balaban J connectivity index is 1.78. The van der Waals surface area contributed by atoms with Crippen molar-refractivity contribution >= 4 is 21.4 Å². The first-order valence-corrected chi connectivity index (χ1v) is 11.2. The van der Waals surface area contributed by atoms with Crippen molar-refractivity contribution < 1.29 is 13.3 Å². The third-order valence-corrected chi connectivity index (χ3v) is 6.02. The van der Waals surface area contributed by atoms with Crippen LogP contribution in [0.5, 0.6) is 0 Å². The SMILES string of the molecule is NS(=O)(=O)c1cc(NCc2ccccc2CN2CCCCCC2)cc([N+](=O)[O-])c1. The molecule has 9 heteroatoms. The van der Waals surface area contributed by atoms with E-state index < -0.39 is 14.9 Å². The summed E-state index contributed by atoms with van der Waals surface area (Å²) < 4.78 is 23.3. The van der Waals surface area contributed by atoms with E-state index in [9.17, 15) is 18.5 Å². The van der Waals surface area contributed by atoms with Crippen molar-refractivity contribution in [2.45, 2.75) is 43.7 Å². The van der Waals surface area contributed by atoms with Crippen LogP contribution >= 0.6 is 0 Å². The highest BCUT2D eigenvalue weighted by Gasteiger charge is 2.17. The molecule has 0 aromatic heterocycles. The van der Waals surface area contributed by atoms with Crippen LogP contribution in [0, 0.1) is 10.1 Å². The molecule has 1 aliphatic heterocycles. The number of anilines is 1. The Hall–Kier alpha value is -2.49. The smallest absolute Gasteiger partial charge is 0.272 e. The van der Waals surface area contributed by atoms with Gasteiger partial charge in [0.2, 0.25) is 10.0 Å². The number of nitro benzene ring substituents is 1. The molecule has 3 N–H and O–H groups in total. The van der Waals surface area contributed by atoms with Crippen LogP contribution in [0.3, 0.4) is 0 Å². The second-order valence-corrected chi connectivity index (χ2v) is 8.89. The van der Waals surface area contributed by atoms with Gasteiger partial charge in [-0.3, -0.25) is 15.0 Å². The van der Waals surface area contributed by atoms with Gasteiger partial charge in [-0.2, -0.15) is 0 Å². The Morgan fingerprint density at radius 3 is 2.31 bits per heavy atom. The highest BCUT2D eigenvalue weighted by atomic mass is 32.2. The number of nitro groups is 1. The van der Waals surface area contributed by atoms with Crippen LogP contribution in [0.4, 0.5) is 11.4 Å². The van der Waals surface area contributed by atoms with Gasteiger partial charge in [0, 0.05) is 30.9 Å². The van der Waals surface area contributed by atoms with Crippen molar-refractivity contribution in [2.75, 3.05) is 18.4 Å². The minimum Gasteiger partial charge on any atom is -0.381 e. The van der Waals surface area contributed by atoms with E-state index in [0.717, 1.165) is 31.3 Å². The van der Waals surface area contributed by atoms with Gasteiger partial charge in [0.25, 0.3) is 5.69 Å². The van der Waals surface area contributed by atoms with Gasteiger partial charge in [-0.1, -0.05) is 37.1 Å². The van der Waals surface area contributed by atoms with E-state index in [0.29, 0.717) is 12.2 Å². The Labute approximate surface area is 170 Å². The number of nitrogens with zero attached hydrogens (tertiary/aromatic N) is 2. The summed E-state index contributed by atoms with van der Waals surface area (Å²) in [6.07, 6.45) is 4.98. The quantitative estimate of drug-likeness (QED) is 0.526. The van der Waals surface area contributed by atoms with E-state index in [1.165, 1.54) is 43.4 Å².